The molecule has 0 aliphatic heterocycles. The van der Waals surface area contributed by atoms with Crippen LogP contribution in [0.4, 0.5) is 4.39 Å². The molecule has 0 atom stereocenters. The Morgan fingerprint density at radius 1 is 0.929 bits per heavy atom. The van der Waals surface area contributed by atoms with Crippen LogP contribution in [0, 0.1) is 28.0 Å². The summed E-state index contributed by atoms with van der Waals surface area (Å²) in [6.45, 7) is 2.96. The second kappa shape index (κ2) is 9.77. The van der Waals surface area contributed by atoms with Crippen LogP contribution in [0.15, 0.2) is 18.2 Å². The molecule has 3 aliphatic carbocycles. The summed E-state index contributed by atoms with van der Waals surface area (Å²) in [7, 11) is 0. The van der Waals surface area contributed by atoms with Crippen LogP contribution in [0.2, 0.25) is 0 Å². The number of nitrogens with zero attached hydrogens (tertiary/aromatic N) is 1. The maximum atomic E-state index is 13.8. The molecule has 3 heteroatoms. The van der Waals surface area contributed by atoms with E-state index in [9.17, 15) is 4.39 Å². The van der Waals surface area contributed by atoms with Gasteiger partial charge in [-0.25, -0.2) is 4.39 Å². The summed E-state index contributed by atoms with van der Waals surface area (Å²) in [6.07, 6.45) is 19.0. The van der Waals surface area contributed by atoms with Crippen LogP contribution in [0.5, 0.6) is 5.75 Å². The molecule has 3 saturated carbocycles. The van der Waals surface area contributed by atoms with E-state index in [0.29, 0.717) is 17.8 Å². The van der Waals surface area contributed by atoms with Gasteiger partial charge in [-0.05, 0) is 62.5 Å². The molecule has 1 aromatic carbocycles. The van der Waals surface area contributed by atoms with Crippen molar-refractivity contribution in [3.05, 3.63) is 29.6 Å². The molecule has 1 aromatic rings. The predicted octanol–water partition coefficient (Wildman–Crippen LogP) is 7.56. The van der Waals surface area contributed by atoms with Gasteiger partial charge in [0.05, 0.1) is 12.2 Å². The van der Waals surface area contributed by atoms with Gasteiger partial charge in [0, 0.05) is 11.5 Å². The highest BCUT2D eigenvalue weighted by molar-refractivity contribution is 5.36. The van der Waals surface area contributed by atoms with Crippen molar-refractivity contribution in [2.75, 3.05) is 6.61 Å². The number of fused-ring (bicyclic) bond motifs is 3. The van der Waals surface area contributed by atoms with Gasteiger partial charge in [-0.3, -0.25) is 0 Å². The van der Waals surface area contributed by atoms with E-state index in [1.807, 2.05) is 6.07 Å². The van der Waals surface area contributed by atoms with Crippen molar-refractivity contribution in [2.45, 2.75) is 96.8 Å². The number of nitriles is 1. The fourth-order valence-electron chi connectivity index (χ4n) is 5.30. The average Bonchev–Trinajstić information content (AvgIpc) is 2.73. The number of rotatable bonds is 11. The molecule has 0 aromatic heterocycles. The molecule has 28 heavy (non-hydrogen) atoms. The Morgan fingerprint density at radius 3 is 2.14 bits per heavy atom. The third-order valence-electron chi connectivity index (χ3n) is 7.47. The van der Waals surface area contributed by atoms with E-state index in [2.05, 4.69) is 6.92 Å². The van der Waals surface area contributed by atoms with E-state index in [1.54, 1.807) is 6.07 Å². The standard InChI is InChI=1S/C25H36FNO/c1-2-3-4-5-6-7-8-11-24-12-15-25(16-13-24,17-14-24)20-28-22-10-9-21(19-27)23(26)18-22/h9-10,18H,2-8,11-17,20H2,1H3. The van der Waals surface area contributed by atoms with Crippen LogP contribution < -0.4 is 4.74 Å². The van der Waals surface area contributed by atoms with Gasteiger partial charge < -0.3 is 4.74 Å². The topological polar surface area (TPSA) is 33.0 Å². The molecule has 0 radical (unpaired) electrons. The molecule has 0 amide bonds. The molecule has 154 valence electrons. The zero-order valence-electron chi connectivity index (χ0n) is 17.6. The molecule has 0 N–H and O–H groups in total. The Bertz CT molecular complexity index is 653. The highest BCUT2D eigenvalue weighted by atomic mass is 19.1. The second-order valence-corrected chi connectivity index (χ2v) is 9.41. The van der Waals surface area contributed by atoms with Gasteiger partial charge in [-0.2, -0.15) is 5.26 Å². The van der Waals surface area contributed by atoms with Crippen LogP contribution in [-0.2, 0) is 0 Å². The van der Waals surface area contributed by atoms with Crippen molar-refractivity contribution >= 4 is 0 Å². The largest absolute Gasteiger partial charge is 0.493 e. The third kappa shape index (κ3) is 5.28. The molecule has 0 saturated heterocycles. The van der Waals surface area contributed by atoms with Crippen LogP contribution in [0.1, 0.15) is 102 Å². The van der Waals surface area contributed by atoms with E-state index in [1.165, 1.54) is 102 Å². The van der Waals surface area contributed by atoms with E-state index < -0.39 is 5.82 Å². The van der Waals surface area contributed by atoms with Gasteiger partial charge in [-0.15, -0.1) is 0 Å². The summed E-state index contributed by atoms with van der Waals surface area (Å²) < 4.78 is 19.8. The van der Waals surface area contributed by atoms with Crippen molar-refractivity contribution in [3.63, 3.8) is 0 Å². The lowest BCUT2D eigenvalue weighted by Gasteiger charge is -2.53. The quantitative estimate of drug-likeness (QED) is 0.368. The van der Waals surface area contributed by atoms with E-state index in [0.717, 1.165) is 0 Å². The van der Waals surface area contributed by atoms with Crippen LogP contribution in [0.25, 0.3) is 0 Å². The number of benzene rings is 1. The normalized spacial score (nSPS) is 26.2. The smallest absolute Gasteiger partial charge is 0.144 e. The molecule has 0 unspecified atom stereocenters. The number of unbranched alkanes of at least 4 members (excludes halogenated alkanes) is 6. The molecular weight excluding hydrogens is 349 g/mol. The fraction of sp³-hybridized carbons (Fsp3) is 0.720. The van der Waals surface area contributed by atoms with Crippen molar-refractivity contribution < 1.29 is 9.13 Å². The van der Waals surface area contributed by atoms with Crippen LogP contribution >= 0.6 is 0 Å². The fourth-order valence-corrected chi connectivity index (χ4v) is 5.30. The minimum Gasteiger partial charge on any atom is -0.493 e. The van der Waals surface area contributed by atoms with Crippen molar-refractivity contribution in [2.24, 2.45) is 10.8 Å². The lowest BCUT2D eigenvalue weighted by molar-refractivity contribution is -0.0410. The van der Waals surface area contributed by atoms with E-state index >= 15 is 0 Å². The van der Waals surface area contributed by atoms with Crippen molar-refractivity contribution in [3.8, 4) is 11.8 Å². The van der Waals surface area contributed by atoms with Crippen LogP contribution in [0.3, 0.4) is 0 Å². The van der Waals surface area contributed by atoms with Crippen molar-refractivity contribution in [1.82, 2.24) is 0 Å². The Balaban J connectivity index is 1.40. The first kappa shape index (κ1) is 21.2. The zero-order valence-corrected chi connectivity index (χ0v) is 17.6. The highest BCUT2D eigenvalue weighted by Gasteiger charge is 2.48. The molecule has 2 bridgehead atoms. The number of hydrogen-bond donors (Lipinski definition) is 0. The molecule has 2 nitrogen and oxygen atoms in total. The van der Waals surface area contributed by atoms with Crippen molar-refractivity contribution in [1.29, 1.82) is 5.26 Å². The molecular formula is C25H36FNO. The minimum absolute atomic E-state index is 0.0796. The summed E-state index contributed by atoms with van der Waals surface area (Å²) in [6, 6.07) is 6.44. The lowest BCUT2D eigenvalue weighted by Crippen LogP contribution is -2.44. The van der Waals surface area contributed by atoms with Gasteiger partial charge in [0.25, 0.3) is 0 Å². The predicted molar refractivity (Wildman–Crippen MR) is 112 cm³/mol. The van der Waals surface area contributed by atoms with Crippen LogP contribution in [-0.4, -0.2) is 6.61 Å². The number of hydrogen-bond acceptors (Lipinski definition) is 2. The number of halogens is 1. The Kier molecular flexibility index (Phi) is 7.38. The van der Waals surface area contributed by atoms with E-state index in [-0.39, 0.29) is 11.0 Å². The van der Waals surface area contributed by atoms with Gasteiger partial charge in [-0.1, -0.05) is 51.9 Å². The third-order valence-corrected chi connectivity index (χ3v) is 7.47. The minimum atomic E-state index is -0.488. The first-order valence-corrected chi connectivity index (χ1v) is 11.4. The van der Waals surface area contributed by atoms with Gasteiger partial charge in [0.1, 0.15) is 17.6 Å². The van der Waals surface area contributed by atoms with Gasteiger partial charge >= 0.3 is 0 Å². The lowest BCUT2D eigenvalue weighted by atomic mass is 9.53. The first-order valence-electron chi connectivity index (χ1n) is 11.4. The molecule has 3 fully saturated rings. The monoisotopic (exact) mass is 385 g/mol. The Morgan fingerprint density at radius 2 is 1.54 bits per heavy atom. The zero-order chi connectivity index (χ0) is 19.9. The van der Waals surface area contributed by atoms with E-state index in [4.69, 9.17) is 10.00 Å². The SMILES string of the molecule is CCCCCCCCCC12CCC(COc3ccc(C#N)c(F)c3)(CC1)CC2. The Labute approximate surface area is 170 Å². The molecule has 4 rings (SSSR count). The summed E-state index contributed by atoms with van der Waals surface area (Å²) >= 11 is 0. The second-order valence-electron chi connectivity index (χ2n) is 9.41. The Hall–Kier alpha value is -1.56. The molecule has 0 spiro atoms. The van der Waals surface area contributed by atoms with Gasteiger partial charge in [0.2, 0.25) is 0 Å². The molecule has 0 heterocycles. The summed E-state index contributed by atoms with van der Waals surface area (Å²) in [5.74, 6) is 0.0647. The number of ether oxygens (including phenoxy) is 1. The van der Waals surface area contributed by atoms with Gasteiger partial charge in [0.15, 0.2) is 0 Å². The summed E-state index contributed by atoms with van der Waals surface area (Å²) in [5, 5.41) is 8.85. The average molecular weight is 386 g/mol. The first-order chi connectivity index (χ1) is 13.6. The molecule has 3 aliphatic rings. The maximum Gasteiger partial charge on any atom is 0.144 e. The summed E-state index contributed by atoms with van der Waals surface area (Å²) in [5.41, 5.74) is 0.967. The summed E-state index contributed by atoms with van der Waals surface area (Å²) in [4.78, 5) is 0. The highest BCUT2D eigenvalue weighted by Crippen LogP contribution is 2.58. The maximum absolute atomic E-state index is 13.8.